The number of benzene rings is 1. The van der Waals surface area contributed by atoms with Gasteiger partial charge in [0.05, 0.1) is 6.10 Å². The summed E-state index contributed by atoms with van der Waals surface area (Å²) in [7, 11) is 0. The van der Waals surface area contributed by atoms with Gasteiger partial charge in [0.15, 0.2) is 5.69 Å². The molecule has 2 aromatic rings. The molecular weight excluding hydrogens is 452 g/mol. The molecule has 1 aromatic carbocycles. The highest BCUT2D eigenvalue weighted by Gasteiger charge is 2.31. The van der Waals surface area contributed by atoms with Gasteiger partial charge in [-0.1, -0.05) is 18.2 Å². The van der Waals surface area contributed by atoms with E-state index in [1.807, 2.05) is 11.0 Å². The molecule has 1 N–H and O–H groups in total. The van der Waals surface area contributed by atoms with Gasteiger partial charge >= 0.3 is 0 Å². The number of amides is 2. The molecule has 0 unspecified atom stereocenters. The molecule has 1 aromatic heterocycles. The van der Waals surface area contributed by atoms with E-state index in [4.69, 9.17) is 9.84 Å². The fraction of sp³-hybridized carbons (Fsp3) is 0.621. The maximum Gasteiger partial charge on any atom is 0.274 e. The van der Waals surface area contributed by atoms with Crippen LogP contribution in [0.1, 0.15) is 85.6 Å². The number of rotatable bonds is 7. The molecule has 2 fully saturated rings. The average Bonchev–Trinajstić information content (AvgIpc) is 3.48. The van der Waals surface area contributed by atoms with Crippen molar-refractivity contribution < 1.29 is 14.3 Å². The van der Waals surface area contributed by atoms with Gasteiger partial charge in [0.1, 0.15) is 5.75 Å². The van der Waals surface area contributed by atoms with Crippen molar-refractivity contribution in [2.45, 2.75) is 96.7 Å². The summed E-state index contributed by atoms with van der Waals surface area (Å²) in [6.07, 6.45) is 10.7. The SMILES string of the molecule is CC(=O)NC1CCN(C(=O)c2nn(CCC3CCC(Oc4ccccc4C)CC3)c3c2CCC3)CC1. The molecule has 0 spiro atoms. The Hall–Kier alpha value is -2.83. The number of carbonyl (C=O) groups excluding carboxylic acids is 2. The fourth-order valence-corrected chi connectivity index (χ4v) is 6.24. The molecule has 0 radical (unpaired) electrons. The maximum absolute atomic E-state index is 13.4. The summed E-state index contributed by atoms with van der Waals surface area (Å²) in [4.78, 5) is 26.6. The number of piperidine rings is 1. The first kappa shape index (κ1) is 24.8. The number of nitrogens with zero attached hydrogens (tertiary/aromatic N) is 3. The van der Waals surface area contributed by atoms with Crippen LogP contribution in [0, 0.1) is 12.8 Å². The third-order valence-corrected chi connectivity index (χ3v) is 8.33. The lowest BCUT2D eigenvalue weighted by Crippen LogP contribution is -2.46. The molecule has 194 valence electrons. The van der Waals surface area contributed by atoms with Crippen molar-refractivity contribution in [2.24, 2.45) is 5.92 Å². The van der Waals surface area contributed by atoms with Gasteiger partial charge in [-0.25, -0.2) is 0 Å². The average molecular weight is 493 g/mol. The molecule has 0 atom stereocenters. The van der Waals surface area contributed by atoms with Crippen LogP contribution in [-0.4, -0.2) is 51.7 Å². The smallest absolute Gasteiger partial charge is 0.274 e. The standard InChI is InChI=1S/C29H40N4O3/c1-20-6-3-4-9-27(20)36-24-12-10-22(11-13-24)14-19-33-26-8-5-7-25(26)28(31-33)29(35)32-17-15-23(16-18-32)30-21(2)34/h3-4,6,9,22-24H,5,7-8,10-19H2,1-2H3,(H,30,34). The minimum atomic E-state index is 0.00337. The van der Waals surface area contributed by atoms with Gasteiger partial charge in [0, 0.05) is 43.9 Å². The lowest BCUT2D eigenvalue weighted by atomic mass is 9.85. The van der Waals surface area contributed by atoms with Gasteiger partial charge in [-0.15, -0.1) is 0 Å². The normalized spacial score (nSPS) is 22.3. The van der Waals surface area contributed by atoms with Crippen molar-refractivity contribution in [2.75, 3.05) is 13.1 Å². The van der Waals surface area contributed by atoms with Crippen molar-refractivity contribution >= 4 is 11.8 Å². The van der Waals surface area contributed by atoms with E-state index in [2.05, 4.69) is 35.1 Å². The molecule has 2 amide bonds. The number of ether oxygens (including phenoxy) is 1. The van der Waals surface area contributed by atoms with Crippen LogP contribution in [0.25, 0.3) is 0 Å². The second kappa shape index (κ2) is 11.1. The number of para-hydroxylation sites is 1. The lowest BCUT2D eigenvalue weighted by molar-refractivity contribution is -0.119. The van der Waals surface area contributed by atoms with E-state index in [1.54, 1.807) is 6.92 Å². The molecule has 0 bridgehead atoms. The molecule has 1 aliphatic heterocycles. The van der Waals surface area contributed by atoms with Crippen LogP contribution in [0.5, 0.6) is 5.75 Å². The quantitative estimate of drug-likeness (QED) is 0.620. The van der Waals surface area contributed by atoms with E-state index < -0.39 is 0 Å². The molecule has 1 saturated carbocycles. The molecule has 2 aliphatic carbocycles. The number of hydrogen-bond acceptors (Lipinski definition) is 4. The summed E-state index contributed by atoms with van der Waals surface area (Å²) < 4.78 is 8.44. The largest absolute Gasteiger partial charge is 0.490 e. The Bertz CT molecular complexity index is 1080. The number of nitrogens with one attached hydrogen (secondary N) is 1. The van der Waals surface area contributed by atoms with Gasteiger partial charge in [-0.2, -0.15) is 5.10 Å². The predicted molar refractivity (Wildman–Crippen MR) is 139 cm³/mol. The number of fused-ring (bicyclic) bond motifs is 1. The monoisotopic (exact) mass is 492 g/mol. The van der Waals surface area contributed by atoms with Gasteiger partial charge < -0.3 is 15.0 Å². The summed E-state index contributed by atoms with van der Waals surface area (Å²) >= 11 is 0. The second-order valence-electron chi connectivity index (χ2n) is 10.9. The maximum atomic E-state index is 13.4. The first-order valence-corrected chi connectivity index (χ1v) is 13.8. The lowest BCUT2D eigenvalue weighted by Gasteiger charge is -2.32. The second-order valence-corrected chi connectivity index (χ2v) is 10.9. The van der Waals surface area contributed by atoms with Gasteiger partial charge in [-0.05, 0) is 88.7 Å². The summed E-state index contributed by atoms with van der Waals surface area (Å²) in [6, 6.07) is 8.45. The predicted octanol–water partition coefficient (Wildman–Crippen LogP) is 4.45. The summed E-state index contributed by atoms with van der Waals surface area (Å²) in [5.74, 6) is 1.78. The number of carbonyl (C=O) groups is 2. The first-order valence-electron chi connectivity index (χ1n) is 13.8. The summed E-state index contributed by atoms with van der Waals surface area (Å²) in [6.45, 7) is 5.92. The molecule has 36 heavy (non-hydrogen) atoms. The minimum absolute atomic E-state index is 0.00337. The molecule has 5 rings (SSSR count). The molecular formula is C29H40N4O3. The number of hydrogen-bond donors (Lipinski definition) is 1. The van der Waals surface area contributed by atoms with Crippen LogP contribution in [0.3, 0.4) is 0 Å². The Morgan fingerprint density at radius 2 is 1.81 bits per heavy atom. The first-order chi connectivity index (χ1) is 17.5. The van der Waals surface area contributed by atoms with Crippen LogP contribution < -0.4 is 10.1 Å². The third kappa shape index (κ3) is 5.60. The van der Waals surface area contributed by atoms with Crippen LogP contribution in [0.2, 0.25) is 0 Å². The van der Waals surface area contributed by atoms with Crippen LogP contribution in [0.4, 0.5) is 0 Å². The zero-order valence-electron chi connectivity index (χ0n) is 21.8. The molecule has 7 nitrogen and oxygen atoms in total. The number of likely N-dealkylation sites (tertiary alicyclic amines) is 1. The van der Waals surface area contributed by atoms with Gasteiger partial charge in [-0.3, -0.25) is 14.3 Å². The Morgan fingerprint density at radius 3 is 2.53 bits per heavy atom. The Labute approximate surface area is 214 Å². The molecule has 1 saturated heterocycles. The highest BCUT2D eigenvalue weighted by atomic mass is 16.5. The Kier molecular flexibility index (Phi) is 7.63. The van der Waals surface area contributed by atoms with Gasteiger partial charge in [0.25, 0.3) is 5.91 Å². The zero-order valence-corrected chi connectivity index (χ0v) is 21.8. The molecule has 3 aliphatic rings. The highest BCUT2D eigenvalue weighted by molar-refractivity contribution is 5.94. The van der Waals surface area contributed by atoms with E-state index in [-0.39, 0.29) is 17.9 Å². The topological polar surface area (TPSA) is 76.5 Å². The van der Waals surface area contributed by atoms with Crippen molar-refractivity contribution in [3.05, 3.63) is 46.8 Å². The zero-order chi connectivity index (χ0) is 25.1. The Balaban J connectivity index is 1.14. The van der Waals surface area contributed by atoms with Crippen LogP contribution in [-0.2, 0) is 24.2 Å². The minimum Gasteiger partial charge on any atom is -0.490 e. The van der Waals surface area contributed by atoms with Crippen LogP contribution in [0.15, 0.2) is 24.3 Å². The summed E-state index contributed by atoms with van der Waals surface area (Å²) in [5.41, 5.74) is 4.34. The van der Waals surface area contributed by atoms with E-state index in [1.165, 1.54) is 29.7 Å². The van der Waals surface area contributed by atoms with Crippen LogP contribution >= 0.6 is 0 Å². The van der Waals surface area contributed by atoms with E-state index in [0.717, 1.165) is 63.7 Å². The number of aromatic nitrogens is 2. The van der Waals surface area contributed by atoms with E-state index in [9.17, 15) is 9.59 Å². The highest BCUT2D eigenvalue weighted by Crippen LogP contribution is 2.32. The van der Waals surface area contributed by atoms with Crippen molar-refractivity contribution in [1.82, 2.24) is 20.0 Å². The van der Waals surface area contributed by atoms with Crippen molar-refractivity contribution in [1.29, 1.82) is 0 Å². The van der Waals surface area contributed by atoms with E-state index >= 15 is 0 Å². The fourth-order valence-electron chi connectivity index (χ4n) is 6.24. The third-order valence-electron chi connectivity index (χ3n) is 8.33. The molecule has 7 heteroatoms. The summed E-state index contributed by atoms with van der Waals surface area (Å²) in [5, 5.41) is 7.86. The Morgan fingerprint density at radius 1 is 1.06 bits per heavy atom. The van der Waals surface area contributed by atoms with Crippen molar-refractivity contribution in [3.8, 4) is 5.75 Å². The van der Waals surface area contributed by atoms with Gasteiger partial charge in [0.2, 0.25) is 5.91 Å². The van der Waals surface area contributed by atoms with E-state index in [0.29, 0.717) is 30.8 Å². The molecule has 2 heterocycles. The van der Waals surface area contributed by atoms with Crippen molar-refractivity contribution in [3.63, 3.8) is 0 Å². The number of aryl methyl sites for hydroxylation is 2.